The molecule has 0 aliphatic rings. The van der Waals surface area contributed by atoms with Crippen molar-refractivity contribution in [2.45, 2.75) is 20.4 Å². The van der Waals surface area contributed by atoms with Crippen molar-refractivity contribution < 1.29 is 9.47 Å². The van der Waals surface area contributed by atoms with Crippen molar-refractivity contribution in [3.05, 3.63) is 45.3 Å². The van der Waals surface area contributed by atoms with Crippen molar-refractivity contribution in [1.82, 2.24) is 9.55 Å². The molecule has 6 heteroatoms. The molecule has 2 heterocycles. The number of benzene rings is 1. The molecular formula is C18H20N2O3S. The van der Waals surface area contributed by atoms with Gasteiger partial charge in [-0.15, -0.1) is 11.3 Å². The van der Waals surface area contributed by atoms with Gasteiger partial charge in [-0.05, 0) is 37.1 Å². The molecule has 0 aliphatic carbocycles. The van der Waals surface area contributed by atoms with Crippen LogP contribution in [0.3, 0.4) is 0 Å². The fraction of sp³-hybridized carbons (Fsp3) is 0.333. The van der Waals surface area contributed by atoms with E-state index in [-0.39, 0.29) is 5.56 Å². The Hall–Kier alpha value is -2.18. The second-order valence-electron chi connectivity index (χ2n) is 5.63. The Bertz CT molecular complexity index is 943. The standard InChI is InChI=1S/C18H20N2O3S/c1-11-9-13(5-6-14(11)23-4)15-12(2)24-17-16(15)18(21)20(10-19-17)7-8-22-3/h5-6,9-10H,7-8H2,1-4H3. The van der Waals surface area contributed by atoms with E-state index < -0.39 is 0 Å². The van der Waals surface area contributed by atoms with Gasteiger partial charge in [0.05, 0.1) is 32.0 Å². The lowest BCUT2D eigenvalue weighted by Gasteiger charge is -2.09. The number of fused-ring (bicyclic) bond motifs is 1. The number of aromatic nitrogens is 2. The summed E-state index contributed by atoms with van der Waals surface area (Å²) in [6.45, 7) is 5.00. The highest BCUT2D eigenvalue weighted by molar-refractivity contribution is 7.19. The normalized spacial score (nSPS) is 11.2. The summed E-state index contributed by atoms with van der Waals surface area (Å²) in [6, 6.07) is 5.99. The quantitative estimate of drug-likeness (QED) is 0.712. The molecule has 3 aromatic rings. The van der Waals surface area contributed by atoms with Gasteiger partial charge in [-0.3, -0.25) is 9.36 Å². The molecule has 126 valence electrons. The van der Waals surface area contributed by atoms with Crippen LogP contribution in [0.2, 0.25) is 0 Å². The second kappa shape index (κ2) is 6.75. The van der Waals surface area contributed by atoms with Crippen molar-refractivity contribution in [1.29, 1.82) is 0 Å². The molecule has 0 saturated carbocycles. The van der Waals surface area contributed by atoms with Crippen LogP contribution in [-0.4, -0.2) is 30.4 Å². The number of hydrogen-bond donors (Lipinski definition) is 0. The van der Waals surface area contributed by atoms with Gasteiger partial charge in [0.2, 0.25) is 0 Å². The molecule has 1 aromatic carbocycles. The van der Waals surface area contributed by atoms with E-state index in [1.54, 1.807) is 36.5 Å². The van der Waals surface area contributed by atoms with Crippen LogP contribution in [0.15, 0.2) is 29.3 Å². The molecule has 0 atom stereocenters. The average Bonchev–Trinajstić information content (AvgIpc) is 2.91. The molecule has 0 amide bonds. The monoisotopic (exact) mass is 344 g/mol. The zero-order valence-corrected chi connectivity index (χ0v) is 15.1. The van der Waals surface area contributed by atoms with Gasteiger partial charge in [0.15, 0.2) is 0 Å². The molecule has 0 unspecified atom stereocenters. The Morgan fingerprint density at radius 2 is 2.04 bits per heavy atom. The lowest BCUT2D eigenvalue weighted by molar-refractivity contribution is 0.186. The fourth-order valence-electron chi connectivity index (χ4n) is 2.87. The SMILES string of the molecule is COCCn1cnc2sc(C)c(-c3ccc(OC)c(C)c3)c2c1=O. The largest absolute Gasteiger partial charge is 0.496 e. The number of nitrogens with zero attached hydrogens (tertiary/aromatic N) is 2. The van der Waals surface area contributed by atoms with Crippen molar-refractivity contribution in [3.8, 4) is 16.9 Å². The van der Waals surface area contributed by atoms with Gasteiger partial charge in [0, 0.05) is 17.6 Å². The first-order valence-corrected chi connectivity index (χ1v) is 8.51. The smallest absolute Gasteiger partial charge is 0.262 e. The van der Waals surface area contributed by atoms with E-state index in [0.29, 0.717) is 18.5 Å². The van der Waals surface area contributed by atoms with E-state index in [2.05, 4.69) is 11.1 Å². The molecule has 0 N–H and O–H groups in total. The molecule has 5 nitrogen and oxygen atoms in total. The number of ether oxygens (including phenoxy) is 2. The van der Waals surface area contributed by atoms with Crippen LogP contribution >= 0.6 is 11.3 Å². The van der Waals surface area contributed by atoms with Gasteiger partial charge in [-0.1, -0.05) is 6.07 Å². The maximum atomic E-state index is 12.9. The number of aryl methyl sites for hydroxylation is 2. The second-order valence-corrected chi connectivity index (χ2v) is 6.84. The number of methoxy groups -OCH3 is 2. The summed E-state index contributed by atoms with van der Waals surface area (Å²) >= 11 is 1.55. The molecule has 0 saturated heterocycles. The van der Waals surface area contributed by atoms with Gasteiger partial charge in [0.1, 0.15) is 10.6 Å². The summed E-state index contributed by atoms with van der Waals surface area (Å²) in [5.41, 5.74) is 2.99. The minimum Gasteiger partial charge on any atom is -0.496 e. The van der Waals surface area contributed by atoms with Crippen LogP contribution in [-0.2, 0) is 11.3 Å². The summed E-state index contributed by atoms with van der Waals surface area (Å²) in [5.74, 6) is 0.839. The predicted molar refractivity (Wildman–Crippen MR) is 97.2 cm³/mol. The van der Waals surface area contributed by atoms with E-state index in [4.69, 9.17) is 9.47 Å². The molecule has 3 rings (SSSR count). The first-order chi connectivity index (χ1) is 11.6. The number of thiophene rings is 1. The molecule has 0 radical (unpaired) electrons. The molecular weight excluding hydrogens is 324 g/mol. The molecule has 0 spiro atoms. The van der Waals surface area contributed by atoms with Crippen LogP contribution in [0.5, 0.6) is 5.75 Å². The Labute approximate surface area is 144 Å². The molecule has 0 aliphatic heterocycles. The summed E-state index contributed by atoms with van der Waals surface area (Å²) in [7, 11) is 3.28. The van der Waals surface area contributed by atoms with Crippen LogP contribution in [0, 0.1) is 13.8 Å². The number of hydrogen-bond acceptors (Lipinski definition) is 5. The van der Waals surface area contributed by atoms with Crippen LogP contribution in [0.25, 0.3) is 21.3 Å². The Balaban J connectivity index is 2.22. The number of rotatable bonds is 5. The minimum absolute atomic E-state index is 0.0233. The lowest BCUT2D eigenvalue weighted by atomic mass is 10.0. The highest BCUT2D eigenvalue weighted by Gasteiger charge is 2.17. The van der Waals surface area contributed by atoms with Gasteiger partial charge >= 0.3 is 0 Å². The topological polar surface area (TPSA) is 53.4 Å². The molecule has 2 aromatic heterocycles. The van der Waals surface area contributed by atoms with E-state index in [9.17, 15) is 4.79 Å². The molecule has 0 fully saturated rings. The first-order valence-electron chi connectivity index (χ1n) is 7.69. The Kier molecular flexibility index (Phi) is 4.69. The van der Waals surface area contributed by atoms with Crippen LogP contribution in [0.4, 0.5) is 0 Å². The lowest BCUT2D eigenvalue weighted by Crippen LogP contribution is -2.22. The minimum atomic E-state index is -0.0233. The van der Waals surface area contributed by atoms with Gasteiger partial charge in [0.25, 0.3) is 5.56 Å². The van der Waals surface area contributed by atoms with Crippen LogP contribution in [0.1, 0.15) is 10.4 Å². The zero-order valence-electron chi connectivity index (χ0n) is 14.3. The van der Waals surface area contributed by atoms with Crippen molar-refractivity contribution in [2.75, 3.05) is 20.8 Å². The zero-order chi connectivity index (χ0) is 17.3. The fourth-order valence-corrected chi connectivity index (χ4v) is 3.87. The maximum absolute atomic E-state index is 12.9. The third-order valence-electron chi connectivity index (χ3n) is 4.07. The van der Waals surface area contributed by atoms with E-state index in [1.165, 1.54) is 0 Å². The third-order valence-corrected chi connectivity index (χ3v) is 5.09. The van der Waals surface area contributed by atoms with Crippen molar-refractivity contribution in [2.24, 2.45) is 0 Å². The summed E-state index contributed by atoms with van der Waals surface area (Å²) < 4.78 is 12.0. The Morgan fingerprint density at radius 1 is 1.25 bits per heavy atom. The van der Waals surface area contributed by atoms with Crippen molar-refractivity contribution in [3.63, 3.8) is 0 Å². The summed E-state index contributed by atoms with van der Waals surface area (Å²) in [4.78, 5) is 19.2. The summed E-state index contributed by atoms with van der Waals surface area (Å²) in [5, 5.41) is 0.681. The van der Waals surface area contributed by atoms with Gasteiger partial charge < -0.3 is 9.47 Å². The highest BCUT2D eigenvalue weighted by atomic mass is 32.1. The van der Waals surface area contributed by atoms with E-state index >= 15 is 0 Å². The van der Waals surface area contributed by atoms with E-state index in [1.807, 2.05) is 26.0 Å². The van der Waals surface area contributed by atoms with Crippen molar-refractivity contribution >= 4 is 21.6 Å². The van der Waals surface area contributed by atoms with Gasteiger partial charge in [-0.2, -0.15) is 0 Å². The molecule has 24 heavy (non-hydrogen) atoms. The summed E-state index contributed by atoms with van der Waals surface area (Å²) in [6.07, 6.45) is 1.60. The average molecular weight is 344 g/mol. The molecule has 0 bridgehead atoms. The maximum Gasteiger partial charge on any atom is 0.262 e. The van der Waals surface area contributed by atoms with Crippen LogP contribution < -0.4 is 10.3 Å². The highest BCUT2D eigenvalue weighted by Crippen LogP contribution is 2.37. The first kappa shape index (κ1) is 16.7. The van der Waals surface area contributed by atoms with E-state index in [0.717, 1.165) is 32.1 Å². The van der Waals surface area contributed by atoms with Gasteiger partial charge in [-0.25, -0.2) is 4.98 Å². The Morgan fingerprint density at radius 3 is 2.71 bits per heavy atom. The predicted octanol–water partition coefficient (Wildman–Crippen LogP) is 3.40. The third kappa shape index (κ3) is 2.83.